The average molecular weight is 227 g/mol. The number of carboxylic acids is 1. The second-order valence-corrected chi connectivity index (χ2v) is 2.97. The van der Waals surface area contributed by atoms with E-state index in [0.29, 0.717) is 5.69 Å². The summed E-state index contributed by atoms with van der Waals surface area (Å²) in [5.41, 5.74) is 2.90. The number of aliphatic carboxylic acids is 1. The standard InChI is InChI=1S/C9H7ClN2O3/c10-7-2-1-3-8(6(7)4-11)12-15-5-9(13)14/h1-3,12H,5H2,(H,13,14). The summed E-state index contributed by atoms with van der Waals surface area (Å²) in [7, 11) is 0. The van der Waals surface area contributed by atoms with Crippen LogP contribution in [0.15, 0.2) is 18.2 Å². The van der Waals surface area contributed by atoms with Crippen molar-refractivity contribution in [2.45, 2.75) is 0 Å². The summed E-state index contributed by atoms with van der Waals surface area (Å²) >= 11 is 5.74. The third-order valence-electron chi connectivity index (χ3n) is 1.50. The van der Waals surface area contributed by atoms with Crippen LogP contribution in [0.2, 0.25) is 5.02 Å². The fraction of sp³-hybridized carbons (Fsp3) is 0.111. The Hall–Kier alpha value is -1.77. The number of hydrogen-bond acceptors (Lipinski definition) is 4. The molecule has 0 atom stereocenters. The minimum atomic E-state index is -1.11. The summed E-state index contributed by atoms with van der Waals surface area (Å²) in [5, 5.41) is 17.4. The molecule has 6 heteroatoms. The van der Waals surface area contributed by atoms with Gasteiger partial charge < -0.3 is 5.11 Å². The summed E-state index contributed by atoms with van der Waals surface area (Å²) in [6.07, 6.45) is 0. The highest BCUT2D eigenvalue weighted by molar-refractivity contribution is 6.32. The van der Waals surface area contributed by atoms with Crippen LogP contribution in [-0.4, -0.2) is 17.7 Å². The molecule has 0 aliphatic carbocycles. The van der Waals surface area contributed by atoms with Gasteiger partial charge in [-0.25, -0.2) is 4.79 Å². The molecule has 0 heterocycles. The first kappa shape index (κ1) is 11.3. The Morgan fingerprint density at radius 3 is 3.00 bits per heavy atom. The van der Waals surface area contributed by atoms with Crippen LogP contribution in [0.1, 0.15) is 5.56 Å². The van der Waals surface area contributed by atoms with E-state index in [1.54, 1.807) is 18.2 Å². The van der Waals surface area contributed by atoms with Crippen molar-refractivity contribution in [3.63, 3.8) is 0 Å². The molecule has 0 aliphatic heterocycles. The molecule has 2 N–H and O–H groups in total. The van der Waals surface area contributed by atoms with E-state index < -0.39 is 12.6 Å². The molecule has 0 aromatic heterocycles. The van der Waals surface area contributed by atoms with Gasteiger partial charge >= 0.3 is 5.97 Å². The quantitative estimate of drug-likeness (QED) is 0.763. The number of nitrogens with one attached hydrogen (secondary N) is 1. The summed E-state index contributed by atoms with van der Waals surface area (Å²) in [5.74, 6) is -1.11. The van der Waals surface area contributed by atoms with Crippen LogP contribution in [-0.2, 0) is 9.63 Å². The Bertz CT molecular complexity index is 414. The van der Waals surface area contributed by atoms with Crippen LogP contribution in [0.3, 0.4) is 0 Å². The Morgan fingerprint density at radius 2 is 2.40 bits per heavy atom. The Labute approximate surface area is 90.8 Å². The Balaban J connectivity index is 2.73. The van der Waals surface area contributed by atoms with Crippen LogP contribution < -0.4 is 5.48 Å². The van der Waals surface area contributed by atoms with Gasteiger partial charge in [0.25, 0.3) is 0 Å². The summed E-state index contributed by atoms with van der Waals surface area (Å²) in [6, 6.07) is 6.62. The average Bonchev–Trinajstić information content (AvgIpc) is 2.17. The van der Waals surface area contributed by atoms with E-state index in [1.165, 1.54) is 0 Å². The zero-order valence-corrected chi connectivity index (χ0v) is 8.28. The molecule has 0 radical (unpaired) electrons. The highest BCUT2D eigenvalue weighted by atomic mass is 35.5. The number of rotatable bonds is 4. The van der Waals surface area contributed by atoms with E-state index in [0.717, 1.165) is 0 Å². The maximum Gasteiger partial charge on any atom is 0.332 e. The number of benzene rings is 1. The van der Waals surface area contributed by atoms with Crippen molar-refractivity contribution in [1.82, 2.24) is 0 Å². The predicted molar refractivity (Wildman–Crippen MR) is 53.4 cm³/mol. The lowest BCUT2D eigenvalue weighted by molar-refractivity contribution is -0.141. The SMILES string of the molecule is N#Cc1c(Cl)cccc1NOCC(=O)O. The molecule has 0 aliphatic rings. The maximum atomic E-state index is 10.2. The van der Waals surface area contributed by atoms with Gasteiger partial charge in [-0.05, 0) is 12.1 Å². The molecule has 5 nitrogen and oxygen atoms in total. The lowest BCUT2D eigenvalue weighted by atomic mass is 10.2. The zero-order valence-electron chi connectivity index (χ0n) is 7.53. The van der Waals surface area contributed by atoms with Gasteiger partial charge in [-0.1, -0.05) is 17.7 Å². The van der Waals surface area contributed by atoms with Crippen molar-refractivity contribution in [3.8, 4) is 6.07 Å². The largest absolute Gasteiger partial charge is 0.479 e. The molecule has 1 rings (SSSR count). The van der Waals surface area contributed by atoms with E-state index >= 15 is 0 Å². The molecule has 1 aromatic carbocycles. The van der Waals surface area contributed by atoms with Crippen LogP contribution in [0.4, 0.5) is 5.69 Å². The molecular weight excluding hydrogens is 220 g/mol. The van der Waals surface area contributed by atoms with Crippen molar-refractivity contribution < 1.29 is 14.7 Å². The van der Waals surface area contributed by atoms with Gasteiger partial charge in [0.2, 0.25) is 0 Å². The molecule has 1 aromatic rings. The number of carboxylic acid groups (broad SMARTS) is 1. The lowest BCUT2D eigenvalue weighted by Gasteiger charge is -2.07. The first-order valence-corrected chi connectivity index (χ1v) is 4.31. The molecule has 0 saturated carbocycles. The third kappa shape index (κ3) is 3.13. The molecule has 0 unspecified atom stereocenters. The third-order valence-corrected chi connectivity index (χ3v) is 1.82. The monoisotopic (exact) mass is 226 g/mol. The molecule has 0 fully saturated rings. The molecule has 0 spiro atoms. The fourth-order valence-corrected chi connectivity index (χ4v) is 1.12. The van der Waals surface area contributed by atoms with Crippen molar-refractivity contribution in [1.29, 1.82) is 5.26 Å². The summed E-state index contributed by atoms with van der Waals surface area (Å²) in [6.45, 7) is -0.503. The second kappa shape index (κ2) is 5.20. The predicted octanol–water partition coefficient (Wildman–Crippen LogP) is 1.64. The summed E-state index contributed by atoms with van der Waals surface area (Å²) in [4.78, 5) is 14.8. The number of nitriles is 1. The van der Waals surface area contributed by atoms with E-state index in [-0.39, 0.29) is 10.6 Å². The van der Waals surface area contributed by atoms with Crippen molar-refractivity contribution in [2.24, 2.45) is 0 Å². The fourth-order valence-electron chi connectivity index (χ4n) is 0.898. The van der Waals surface area contributed by atoms with Crippen molar-refractivity contribution >= 4 is 23.3 Å². The normalized spacial score (nSPS) is 9.33. The van der Waals surface area contributed by atoms with Crippen LogP contribution >= 0.6 is 11.6 Å². The van der Waals surface area contributed by atoms with Crippen LogP contribution in [0.25, 0.3) is 0 Å². The maximum absolute atomic E-state index is 10.2. The van der Waals surface area contributed by atoms with Crippen LogP contribution in [0, 0.1) is 11.3 Å². The van der Waals surface area contributed by atoms with Gasteiger partial charge in [0.05, 0.1) is 16.3 Å². The van der Waals surface area contributed by atoms with Gasteiger partial charge in [0, 0.05) is 0 Å². The Kier molecular flexibility index (Phi) is 3.92. The van der Waals surface area contributed by atoms with Crippen molar-refractivity contribution in [3.05, 3.63) is 28.8 Å². The number of halogens is 1. The minimum absolute atomic E-state index is 0.213. The topological polar surface area (TPSA) is 82.3 Å². The van der Waals surface area contributed by atoms with Gasteiger partial charge in [-0.2, -0.15) is 5.26 Å². The number of anilines is 1. The van der Waals surface area contributed by atoms with Gasteiger partial charge in [0.1, 0.15) is 6.07 Å². The van der Waals surface area contributed by atoms with Gasteiger partial charge in [0.15, 0.2) is 6.61 Å². The second-order valence-electron chi connectivity index (χ2n) is 2.56. The first-order chi connectivity index (χ1) is 7.15. The lowest BCUT2D eigenvalue weighted by Crippen LogP contribution is -2.11. The van der Waals surface area contributed by atoms with Gasteiger partial charge in [-0.15, -0.1) is 0 Å². The van der Waals surface area contributed by atoms with Gasteiger partial charge in [-0.3, -0.25) is 10.3 Å². The van der Waals surface area contributed by atoms with Crippen molar-refractivity contribution in [2.75, 3.05) is 12.1 Å². The highest BCUT2D eigenvalue weighted by Crippen LogP contribution is 2.22. The van der Waals surface area contributed by atoms with E-state index in [4.69, 9.17) is 22.0 Å². The molecule has 0 saturated heterocycles. The first-order valence-electron chi connectivity index (χ1n) is 3.93. The molecule has 0 amide bonds. The Morgan fingerprint density at radius 1 is 1.67 bits per heavy atom. The molecule has 15 heavy (non-hydrogen) atoms. The highest BCUT2D eigenvalue weighted by Gasteiger charge is 2.06. The molecular formula is C9H7ClN2O3. The molecule has 0 bridgehead atoms. The van der Waals surface area contributed by atoms with Crippen LogP contribution in [0.5, 0.6) is 0 Å². The smallest absolute Gasteiger partial charge is 0.332 e. The number of hydrogen-bond donors (Lipinski definition) is 2. The summed E-state index contributed by atoms with van der Waals surface area (Å²) < 4.78 is 0. The minimum Gasteiger partial charge on any atom is -0.479 e. The van der Waals surface area contributed by atoms with E-state index in [9.17, 15) is 4.79 Å². The van der Waals surface area contributed by atoms with E-state index in [1.807, 2.05) is 6.07 Å². The van der Waals surface area contributed by atoms with E-state index in [2.05, 4.69) is 10.3 Å². The number of nitrogens with zero attached hydrogens (tertiary/aromatic N) is 1. The zero-order chi connectivity index (χ0) is 11.3. The molecule has 78 valence electrons. The number of carbonyl (C=O) groups is 1.